The molecule has 1 aromatic heterocycles. The summed E-state index contributed by atoms with van der Waals surface area (Å²) in [4.78, 5) is 0. The maximum absolute atomic E-state index is 7.52. The van der Waals surface area contributed by atoms with Gasteiger partial charge in [0, 0.05) is 11.2 Å². The van der Waals surface area contributed by atoms with Gasteiger partial charge in [0.25, 0.3) is 0 Å². The van der Waals surface area contributed by atoms with Gasteiger partial charge in [-0.2, -0.15) is 0 Å². The van der Waals surface area contributed by atoms with E-state index in [1.54, 1.807) is 11.8 Å². The van der Waals surface area contributed by atoms with Crippen molar-refractivity contribution in [3.05, 3.63) is 0 Å². The van der Waals surface area contributed by atoms with Crippen LogP contribution in [0.5, 0.6) is 0 Å². The van der Waals surface area contributed by atoms with E-state index in [9.17, 15) is 0 Å². The molecule has 3 N–H and O–H groups in total. The Bertz CT molecular complexity index is 437. The SMILES string of the molecule is CC(C)(CCCCSc1nnnn1C1CC1)C(=N)N. The van der Waals surface area contributed by atoms with Gasteiger partial charge in [0.15, 0.2) is 0 Å². The third-order valence-corrected chi connectivity index (χ3v) is 4.53. The van der Waals surface area contributed by atoms with E-state index in [1.165, 1.54) is 12.8 Å². The minimum absolute atomic E-state index is 0.180. The maximum Gasteiger partial charge on any atom is 0.209 e. The molecule has 1 aliphatic rings. The molecule has 1 aromatic rings. The lowest BCUT2D eigenvalue weighted by molar-refractivity contribution is 0.448. The molecule has 19 heavy (non-hydrogen) atoms. The van der Waals surface area contributed by atoms with Crippen LogP contribution < -0.4 is 5.73 Å². The van der Waals surface area contributed by atoms with E-state index >= 15 is 0 Å². The molecule has 0 spiro atoms. The lowest BCUT2D eigenvalue weighted by Crippen LogP contribution is -2.30. The standard InChI is InChI=1S/C12H22N6S/c1-12(2,10(13)14)7-3-4-8-19-11-15-16-17-18(11)9-5-6-9/h9H,3-8H2,1-2H3,(H3,13,14). The zero-order valence-electron chi connectivity index (χ0n) is 11.6. The van der Waals surface area contributed by atoms with Crippen LogP contribution in [0.1, 0.15) is 52.0 Å². The summed E-state index contributed by atoms with van der Waals surface area (Å²) in [6.45, 7) is 4.05. The van der Waals surface area contributed by atoms with Crippen molar-refractivity contribution in [3.8, 4) is 0 Å². The van der Waals surface area contributed by atoms with Gasteiger partial charge in [0.05, 0.1) is 11.9 Å². The van der Waals surface area contributed by atoms with Crippen LogP contribution in [0.2, 0.25) is 0 Å². The fourth-order valence-electron chi connectivity index (χ4n) is 1.80. The maximum atomic E-state index is 7.52. The van der Waals surface area contributed by atoms with Gasteiger partial charge in [-0.05, 0) is 36.1 Å². The first-order valence-corrected chi connectivity index (χ1v) is 7.74. The largest absolute Gasteiger partial charge is 0.387 e. The summed E-state index contributed by atoms with van der Waals surface area (Å²) in [5.74, 6) is 1.29. The number of hydrogen-bond acceptors (Lipinski definition) is 5. The molecule has 106 valence electrons. The highest BCUT2D eigenvalue weighted by Gasteiger charge is 2.27. The quantitative estimate of drug-likeness (QED) is 0.330. The van der Waals surface area contributed by atoms with Gasteiger partial charge in [-0.15, -0.1) is 5.10 Å². The molecule has 1 aliphatic carbocycles. The first kappa shape index (κ1) is 14.3. The van der Waals surface area contributed by atoms with Crippen molar-refractivity contribution in [2.75, 3.05) is 5.75 Å². The van der Waals surface area contributed by atoms with Gasteiger partial charge in [-0.25, -0.2) is 4.68 Å². The second-order valence-corrected chi connectivity index (χ2v) is 6.80. The van der Waals surface area contributed by atoms with E-state index in [-0.39, 0.29) is 11.3 Å². The molecule has 6 nitrogen and oxygen atoms in total. The summed E-state index contributed by atoms with van der Waals surface area (Å²) < 4.78 is 1.95. The van der Waals surface area contributed by atoms with Crippen molar-refractivity contribution in [1.82, 2.24) is 20.2 Å². The topological polar surface area (TPSA) is 93.5 Å². The molecule has 2 rings (SSSR count). The highest BCUT2D eigenvalue weighted by molar-refractivity contribution is 7.99. The van der Waals surface area contributed by atoms with E-state index in [0.717, 1.165) is 30.2 Å². The summed E-state index contributed by atoms with van der Waals surface area (Å²) in [6.07, 6.45) is 5.52. The summed E-state index contributed by atoms with van der Waals surface area (Å²) >= 11 is 1.72. The van der Waals surface area contributed by atoms with Gasteiger partial charge in [-0.1, -0.05) is 32.0 Å². The van der Waals surface area contributed by atoms with Crippen molar-refractivity contribution in [3.63, 3.8) is 0 Å². The number of nitrogens with one attached hydrogen (secondary N) is 1. The summed E-state index contributed by atoms with van der Waals surface area (Å²) in [5, 5.41) is 20.3. The molecule has 0 radical (unpaired) electrons. The first-order valence-electron chi connectivity index (χ1n) is 6.76. The van der Waals surface area contributed by atoms with Crippen LogP contribution in [0.25, 0.3) is 0 Å². The third-order valence-electron chi connectivity index (χ3n) is 3.51. The Morgan fingerprint density at radius 2 is 2.21 bits per heavy atom. The normalized spacial score (nSPS) is 15.7. The number of tetrazole rings is 1. The Morgan fingerprint density at radius 1 is 1.47 bits per heavy atom. The number of nitrogens with two attached hydrogens (primary N) is 1. The minimum Gasteiger partial charge on any atom is -0.387 e. The van der Waals surface area contributed by atoms with Gasteiger partial charge < -0.3 is 5.73 Å². The van der Waals surface area contributed by atoms with Crippen LogP contribution >= 0.6 is 11.8 Å². The van der Waals surface area contributed by atoms with Crippen molar-refractivity contribution >= 4 is 17.6 Å². The summed E-state index contributed by atoms with van der Waals surface area (Å²) in [7, 11) is 0. The van der Waals surface area contributed by atoms with Crippen molar-refractivity contribution < 1.29 is 0 Å². The number of aromatic nitrogens is 4. The highest BCUT2D eigenvalue weighted by Crippen LogP contribution is 2.36. The molecule has 0 saturated heterocycles. The lowest BCUT2D eigenvalue weighted by Gasteiger charge is -2.22. The number of rotatable bonds is 8. The van der Waals surface area contributed by atoms with Gasteiger partial charge in [0.2, 0.25) is 5.16 Å². The average Bonchev–Trinajstić information content (AvgIpc) is 3.09. The van der Waals surface area contributed by atoms with Gasteiger partial charge in [0.1, 0.15) is 0 Å². The van der Waals surface area contributed by atoms with E-state index in [0.29, 0.717) is 6.04 Å². The Hall–Kier alpha value is -1.11. The monoisotopic (exact) mass is 282 g/mol. The van der Waals surface area contributed by atoms with E-state index in [4.69, 9.17) is 11.1 Å². The molecule has 1 saturated carbocycles. The third kappa shape index (κ3) is 3.92. The van der Waals surface area contributed by atoms with Crippen molar-refractivity contribution in [2.24, 2.45) is 11.1 Å². The number of thioether (sulfide) groups is 1. The molecule has 0 aromatic carbocycles. The zero-order chi connectivity index (χ0) is 13.9. The minimum atomic E-state index is -0.180. The highest BCUT2D eigenvalue weighted by atomic mass is 32.2. The Morgan fingerprint density at radius 3 is 2.84 bits per heavy atom. The smallest absolute Gasteiger partial charge is 0.209 e. The van der Waals surface area contributed by atoms with Crippen LogP contribution in [0.4, 0.5) is 0 Å². The fraction of sp³-hybridized carbons (Fsp3) is 0.833. The van der Waals surface area contributed by atoms with Crippen molar-refractivity contribution in [1.29, 1.82) is 5.41 Å². The summed E-state index contributed by atoms with van der Waals surface area (Å²) in [6, 6.07) is 0.536. The second kappa shape index (κ2) is 5.90. The number of nitrogens with zero attached hydrogens (tertiary/aromatic N) is 4. The predicted octanol–water partition coefficient (Wildman–Crippen LogP) is 2.23. The molecule has 0 unspecified atom stereocenters. The fourth-order valence-corrected chi connectivity index (χ4v) is 2.74. The molecule has 0 amide bonds. The molecule has 0 bridgehead atoms. The first-order chi connectivity index (χ1) is 9.00. The number of unbranched alkanes of at least 4 members (excludes halogenated alkanes) is 1. The van der Waals surface area contributed by atoms with Gasteiger partial charge in [-0.3, -0.25) is 5.41 Å². The van der Waals surface area contributed by atoms with E-state index < -0.39 is 0 Å². The Kier molecular flexibility index (Phi) is 4.44. The lowest BCUT2D eigenvalue weighted by atomic mass is 9.86. The molecule has 1 fully saturated rings. The Labute approximate surface area is 118 Å². The molecular formula is C12H22N6S. The van der Waals surface area contributed by atoms with E-state index in [1.807, 2.05) is 18.5 Å². The Balaban J connectivity index is 1.67. The zero-order valence-corrected chi connectivity index (χ0v) is 12.4. The predicted molar refractivity (Wildman–Crippen MR) is 76.4 cm³/mol. The number of amidine groups is 1. The second-order valence-electron chi connectivity index (χ2n) is 5.74. The van der Waals surface area contributed by atoms with Crippen LogP contribution in [-0.4, -0.2) is 31.8 Å². The van der Waals surface area contributed by atoms with Crippen LogP contribution in [0.15, 0.2) is 5.16 Å². The molecule has 0 atom stereocenters. The van der Waals surface area contributed by atoms with Gasteiger partial charge >= 0.3 is 0 Å². The summed E-state index contributed by atoms with van der Waals surface area (Å²) in [5.41, 5.74) is 5.39. The molecule has 0 aliphatic heterocycles. The van der Waals surface area contributed by atoms with Crippen LogP contribution in [0, 0.1) is 10.8 Å². The van der Waals surface area contributed by atoms with E-state index in [2.05, 4.69) is 15.5 Å². The molecular weight excluding hydrogens is 260 g/mol. The van der Waals surface area contributed by atoms with Crippen LogP contribution in [-0.2, 0) is 0 Å². The van der Waals surface area contributed by atoms with Crippen molar-refractivity contribution in [2.45, 2.75) is 57.1 Å². The average molecular weight is 282 g/mol. The molecule has 7 heteroatoms. The number of hydrogen-bond donors (Lipinski definition) is 2. The van der Waals surface area contributed by atoms with Crippen LogP contribution in [0.3, 0.4) is 0 Å². The molecule has 1 heterocycles.